The normalized spacial score (nSPS) is 17.2. The van der Waals surface area contributed by atoms with E-state index in [0.717, 1.165) is 42.7 Å². The highest BCUT2D eigenvalue weighted by atomic mass is 16.2. The molecule has 1 aromatic carbocycles. The van der Waals surface area contributed by atoms with Gasteiger partial charge < -0.3 is 10.6 Å². The Kier molecular flexibility index (Phi) is 4.53. The number of hydrogen-bond acceptors (Lipinski definition) is 4. The second-order valence-electron chi connectivity index (χ2n) is 6.64. The molecule has 2 aromatic heterocycles. The highest BCUT2D eigenvalue weighted by molar-refractivity contribution is 6.03. The van der Waals surface area contributed by atoms with Gasteiger partial charge in [0.25, 0.3) is 5.91 Å². The van der Waals surface area contributed by atoms with E-state index in [-0.39, 0.29) is 5.91 Å². The average molecular weight is 350 g/mol. The molecule has 0 bridgehead atoms. The van der Waals surface area contributed by atoms with Crippen LogP contribution in [0.4, 0.5) is 5.82 Å². The Hall–Kier alpha value is -2.93. The molecule has 3 N–H and O–H groups in total. The molecule has 1 aliphatic rings. The minimum Gasteiger partial charge on any atom is -0.316 e. The first-order valence-corrected chi connectivity index (χ1v) is 8.89. The van der Waals surface area contributed by atoms with E-state index in [1.54, 1.807) is 10.9 Å². The quantitative estimate of drug-likeness (QED) is 0.675. The number of aromatic amines is 1. The highest BCUT2D eigenvalue weighted by Gasteiger charge is 2.24. The average Bonchev–Trinajstić information content (AvgIpc) is 3.31. The number of hydrogen-bond donors (Lipinski definition) is 3. The summed E-state index contributed by atoms with van der Waals surface area (Å²) in [7, 11) is 0. The highest BCUT2D eigenvalue weighted by Crippen LogP contribution is 2.26. The van der Waals surface area contributed by atoms with E-state index in [4.69, 9.17) is 0 Å². The molecule has 1 aliphatic heterocycles. The number of H-pyrrole nitrogens is 1. The van der Waals surface area contributed by atoms with Crippen molar-refractivity contribution in [2.24, 2.45) is 0 Å². The van der Waals surface area contributed by atoms with Gasteiger partial charge >= 0.3 is 0 Å². The molecule has 0 saturated carbocycles. The van der Waals surface area contributed by atoms with E-state index in [1.165, 1.54) is 0 Å². The predicted octanol–water partition coefficient (Wildman–Crippen LogP) is 2.62. The van der Waals surface area contributed by atoms with Crippen molar-refractivity contribution < 1.29 is 4.79 Å². The molecular formula is C19H22N6O. The Morgan fingerprint density at radius 2 is 2.15 bits per heavy atom. The van der Waals surface area contributed by atoms with Crippen LogP contribution in [-0.2, 0) is 0 Å². The summed E-state index contributed by atoms with van der Waals surface area (Å²) in [5, 5.41) is 17.8. The van der Waals surface area contributed by atoms with Crippen LogP contribution in [0.1, 0.15) is 40.4 Å². The SMILES string of the molecule is Cc1cn(-c2ccccc2)nc1NC(=O)c1[nH]ncc1C1CCCNC1. The fourth-order valence-corrected chi connectivity index (χ4v) is 3.37. The van der Waals surface area contributed by atoms with Crippen LogP contribution < -0.4 is 10.6 Å². The molecule has 134 valence electrons. The van der Waals surface area contributed by atoms with Gasteiger partial charge in [0.1, 0.15) is 5.69 Å². The third kappa shape index (κ3) is 3.25. The summed E-state index contributed by atoms with van der Waals surface area (Å²) in [4.78, 5) is 12.8. The number of anilines is 1. The van der Waals surface area contributed by atoms with Crippen LogP contribution >= 0.6 is 0 Å². The largest absolute Gasteiger partial charge is 0.316 e. The maximum absolute atomic E-state index is 12.8. The van der Waals surface area contributed by atoms with Crippen LogP contribution in [0.5, 0.6) is 0 Å². The Balaban J connectivity index is 1.54. The fraction of sp³-hybridized carbons (Fsp3) is 0.316. The Morgan fingerprint density at radius 1 is 1.31 bits per heavy atom. The number of rotatable bonds is 4. The van der Waals surface area contributed by atoms with Gasteiger partial charge in [0.15, 0.2) is 5.82 Å². The lowest BCUT2D eigenvalue weighted by atomic mass is 9.92. The van der Waals surface area contributed by atoms with Crippen LogP contribution in [0.2, 0.25) is 0 Å². The second kappa shape index (κ2) is 7.13. The molecule has 1 amide bonds. The van der Waals surface area contributed by atoms with Crippen LogP contribution in [-0.4, -0.2) is 39.0 Å². The van der Waals surface area contributed by atoms with Crippen LogP contribution in [0, 0.1) is 6.92 Å². The Labute approximate surface area is 151 Å². The summed E-state index contributed by atoms with van der Waals surface area (Å²) in [6.45, 7) is 3.84. The smallest absolute Gasteiger partial charge is 0.275 e. The third-order valence-corrected chi connectivity index (χ3v) is 4.78. The van der Waals surface area contributed by atoms with Crippen molar-refractivity contribution in [3.8, 4) is 5.69 Å². The molecule has 3 aromatic rings. The molecule has 0 radical (unpaired) electrons. The summed E-state index contributed by atoms with van der Waals surface area (Å²) < 4.78 is 1.77. The number of nitrogens with zero attached hydrogens (tertiary/aromatic N) is 3. The molecule has 1 unspecified atom stereocenters. The Bertz CT molecular complexity index is 892. The molecule has 7 nitrogen and oxygen atoms in total. The first kappa shape index (κ1) is 16.5. The van der Waals surface area contributed by atoms with E-state index < -0.39 is 0 Å². The lowest BCUT2D eigenvalue weighted by molar-refractivity contribution is 0.102. The zero-order chi connectivity index (χ0) is 17.9. The van der Waals surface area contributed by atoms with E-state index in [2.05, 4.69) is 25.9 Å². The first-order chi connectivity index (χ1) is 12.7. The standard InChI is InChI=1S/C19H22N6O/c1-13-12-25(15-7-3-2-4-8-15)24-18(13)22-19(26)17-16(11-21-23-17)14-6-5-9-20-10-14/h2-4,7-8,11-12,14,20H,5-6,9-10H2,1H3,(H,21,23)(H,22,24,26). The minimum atomic E-state index is -0.204. The molecule has 1 fully saturated rings. The molecule has 1 saturated heterocycles. The van der Waals surface area contributed by atoms with Crippen molar-refractivity contribution in [1.82, 2.24) is 25.3 Å². The van der Waals surface area contributed by atoms with E-state index in [9.17, 15) is 4.79 Å². The molecule has 26 heavy (non-hydrogen) atoms. The second-order valence-corrected chi connectivity index (χ2v) is 6.64. The van der Waals surface area contributed by atoms with Gasteiger partial charge in [0.2, 0.25) is 0 Å². The summed E-state index contributed by atoms with van der Waals surface area (Å²) in [6, 6.07) is 9.82. The predicted molar refractivity (Wildman–Crippen MR) is 99.7 cm³/mol. The number of aryl methyl sites for hydroxylation is 1. The summed E-state index contributed by atoms with van der Waals surface area (Å²) in [6.07, 6.45) is 5.85. The number of carbonyl (C=O) groups is 1. The van der Waals surface area contributed by atoms with Gasteiger partial charge in [0.05, 0.1) is 11.9 Å². The van der Waals surface area contributed by atoms with Gasteiger partial charge in [-0.25, -0.2) is 4.68 Å². The van der Waals surface area contributed by atoms with E-state index in [0.29, 0.717) is 17.4 Å². The van der Waals surface area contributed by atoms with Crippen molar-refractivity contribution in [3.63, 3.8) is 0 Å². The van der Waals surface area contributed by atoms with Crippen molar-refractivity contribution in [2.75, 3.05) is 18.4 Å². The summed E-state index contributed by atoms with van der Waals surface area (Å²) in [5.74, 6) is 0.664. The molecule has 0 spiro atoms. The van der Waals surface area contributed by atoms with Gasteiger partial charge in [-0.05, 0) is 38.4 Å². The van der Waals surface area contributed by atoms with Gasteiger partial charge in [-0.2, -0.15) is 5.10 Å². The molecular weight excluding hydrogens is 328 g/mol. The molecule has 4 rings (SSSR count). The van der Waals surface area contributed by atoms with E-state index >= 15 is 0 Å². The maximum Gasteiger partial charge on any atom is 0.275 e. The van der Waals surface area contributed by atoms with Gasteiger partial charge in [-0.1, -0.05) is 18.2 Å². The zero-order valence-corrected chi connectivity index (χ0v) is 14.7. The monoisotopic (exact) mass is 350 g/mol. The van der Waals surface area contributed by atoms with Crippen LogP contribution in [0.15, 0.2) is 42.7 Å². The molecule has 7 heteroatoms. The number of carbonyl (C=O) groups excluding carboxylic acids is 1. The number of nitrogens with one attached hydrogen (secondary N) is 3. The lowest BCUT2D eigenvalue weighted by Crippen LogP contribution is -2.29. The molecule has 1 atom stereocenters. The third-order valence-electron chi connectivity index (χ3n) is 4.78. The number of piperidine rings is 1. The lowest BCUT2D eigenvalue weighted by Gasteiger charge is -2.22. The van der Waals surface area contributed by atoms with Crippen LogP contribution in [0.25, 0.3) is 5.69 Å². The maximum atomic E-state index is 12.8. The van der Waals surface area contributed by atoms with Gasteiger partial charge in [-0.15, -0.1) is 5.10 Å². The topological polar surface area (TPSA) is 87.6 Å². The zero-order valence-electron chi connectivity index (χ0n) is 14.7. The summed E-state index contributed by atoms with van der Waals surface area (Å²) >= 11 is 0. The first-order valence-electron chi connectivity index (χ1n) is 8.89. The van der Waals surface area contributed by atoms with Crippen molar-refractivity contribution in [1.29, 1.82) is 0 Å². The molecule has 0 aliphatic carbocycles. The fourth-order valence-electron chi connectivity index (χ4n) is 3.37. The minimum absolute atomic E-state index is 0.204. The summed E-state index contributed by atoms with van der Waals surface area (Å²) in [5.41, 5.74) is 3.34. The van der Waals surface area contributed by atoms with Crippen molar-refractivity contribution in [3.05, 3.63) is 59.5 Å². The number of benzene rings is 1. The van der Waals surface area contributed by atoms with Crippen molar-refractivity contribution >= 4 is 11.7 Å². The molecule has 3 heterocycles. The van der Waals surface area contributed by atoms with Crippen LogP contribution in [0.3, 0.4) is 0 Å². The van der Waals surface area contributed by atoms with Gasteiger partial charge in [0, 0.05) is 29.8 Å². The number of para-hydroxylation sites is 1. The van der Waals surface area contributed by atoms with Crippen molar-refractivity contribution in [2.45, 2.75) is 25.7 Å². The number of aromatic nitrogens is 4. The Morgan fingerprint density at radius 3 is 2.92 bits per heavy atom. The van der Waals surface area contributed by atoms with Gasteiger partial charge in [-0.3, -0.25) is 9.89 Å². The number of amides is 1. The van der Waals surface area contributed by atoms with E-state index in [1.807, 2.05) is 43.5 Å².